The van der Waals surface area contributed by atoms with E-state index in [1.165, 1.54) is 32.4 Å². The minimum absolute atomic E-state index is 0.871. The van der Waals surface area contributed by atoms with Gasteiger partial charge in [0.15, 0.2) is 0 Å². The first-order valence-electron chi connectivity index (χ1n) is 6.08. The van der Waals surface area contributed by atoms with Gasteiger partial charge >= 0.3 is 0 Å². The molecule has 1 aliphatic heterocycles. The molecule has 2 rings (SSSR count). The molecule has 2 nitrogen and oxygen atoms in total. The maximum absolute atomic E-state index is 4.63. The first-order chi connectivity index (χ1) is 7.70. The van der Waals surface area contributed by atoms with Crippen LogP contribution in [-0.4, -0.2) is 18.1 Å². The second kappa shape index (κ2) is 5.17. The summed E-state index contributed by atoms with van der Waals surface area (Å²) in [5.41, 5.74) is 1.08. The highest BCUT2D eigenvalue weighted by atomic mass is 79.9. The third kappa shape index (κ3) is 2.57. The predicted molar refractivity (Wildman–Crippen MR) is 71.9 cm³/mol. The lowest BCUT2D eigenvalue weighted by Gasteiger charge is -2.18. The van der Waals surface area contributed by atoms with Gasteiger partial charge in [0.25, 0.3) is 0 Å². The van der Waals surface area contributed by atoms with Crippen LogP contribution in [0.25, 0.3) is 0 Å². The van der Waals surface area contributed by atoms with Gasteiger partial charge in [0, 0.05) is 17.6 Å². The molecule has 16 heavy (non-hydrogen) atoms. The van der Waals surface area contributed by atoms with Crippen molar-refractivity contribution >= 4 is 21.7 Å². The summed E-state index contributed by atoms with van der Waals surface area (Å²) in [7, 11) is 0. The van der Waals surface area contributed by atoms with Crippen LogP contribution in [0.2, 0.25) is 0 Å². The molecule has 1 fully saturated rings. The Balaban J connectivity index is 2.05. The Morgan fingerprint density at radius 1 is 1.50 bits per heavy atom. The van der Waals surface area contributed by atoms with Crippen molar-refractivity contribution in [2.45, 2.75) is 33.1 Å². The number of rotatable bonds is 3. The van der Waals surface area contributed by atoms with Crippen molar-refractivity contribution in [2.24, 2.45) is 5.92 Å². The third-order valence-electron chi connectivity index (χ3n) is 3.31. The molecule has 0 aliphatic carbocycles. The Hall–Kier alpha value is -0.570. The summed E-state index contributed by atoms with van der Waals surface area (Å²) >= 11 is 3.49. The topological polar surface area (TPSA) is 16.1 Å². The van der Waals surface area contributed by atoms with Gasteiger partial charge in [-0.15, -0.1) is 0 Å². The van der Waals surface area contributed by atoms with Crippen LogP contribution in [0.15, 0.2) is 16.6 Å². The molecule has 0 spiro atoms. The zero-order valence-electron chi connectivity index (χ0n) is 10.0. The van der Waals surface area contributed by atoms with Crippen LogP contribution in [-0.2, 0) is 0 Å². The van der Waals surface area contributed by atoms with Crippen LogP contribution in [0.1, 0.15) is 31.9 Å². The smallest absolute Gasteiger partial charge is 0.128 e. The first kappa shape index (κ1) is 11.9. The van der Waals surface area contributed by atoms with Crippen molar-refractivity contribution in [3.8, 4) is 0 Å². The van der Waals surface area contributed by atoms with Gasteiger partial charge in [-0.2, -0.15) is 0 Å². The zero-order chi connectivity index (χ0) is 11.5. The molecule has 0 amide bonds. The summed E-state index contributed by atoms with van der Waals surface area (Å²) in [5.74, 6) is 2.01. The Morgan fingerprint density at radius 2 is 2.31 bits per heavy atom. The van der Waals surface area contributed by atoms with Crippen molar-refractivity contribution in [3.63, 3.8) is 0 Å². The van der Waals surface area contributed by atoms with E-state index in [4.69, 9.17) is 0 Å². The third-order valence-corrected chi connectivity index (χ3v) is 4.15. The summed E-state index contributed by atoms with van der Waals surface area (Å²) in [6.45, 7) is 6.67. The summed E-state index contributed by atoms with van der Waals surface area (Å²) < 4.78 is 1.10. The van der Waals surface area contributed by atoms with Gasteiger partial charge in [-0.25, -0.2) is 4.98 Å². The molecule has 0 radical (unpaired) electrons. The Morgan fingerprint density at radius 3 is 3.00 bits per heavy atom. The van der Waals surface area contributed by atoms with Gasteiger partial charge < -0.3 is 4.90 Å². The van der Waals surface area contributed by atoms with Crippen molar-refractivity contribution in [1.29, 1.82) is 0 Å². The molecule has 1 aliphatic rings. The van der Waals surface area contributed by atoms with Gasteiger partial charge in [-0.3, -0.25) is 0 Å². The number of aryl methyl sites for hydroxylation is 1. The van der Waals surface area contributed by atoms with Gasteiger partial charge in [-0.1, -0.05) is 13.3 Å². The van der Waals surface area contributed by atoms with Crippen LogP contribution in [0.5, 0.6) is 0 Å². The van der Waals surface area contributed by atoms with E-state index in [0.717, 1.165) is 21.9 Å². The highest BCUT2D eigenvalue weighted by Crippen LogP contribution is 2.26. The van der Waals surface area contributed by atoms with Crippen LogP contribution < -0.4 is 4.90 Å². The second-order valence-corrected chi connectivity index (χ2v) is 5.48. The zero-order valence-corrected chi connectivity index (χ0v) is 11.6. The fraction of sp³-hybridized carbons (Fsp3) is 0.615. The normalized spacial score (nSPS) is 20.4. The van der Waals surface area contributed by atoms with E-state index in [9.17, 15) is 0 Å². The fourth-order valence-corrected chi connectivity index (χ4v) is 2.61. The van der Waals surface area contributed by atoms with Crippen LogP contribution in [0.3, 0.4) is 0 Å². The van der Waals surface area contributed by atoms with Gasteiger partial charge in [0.2, 0.25) is 0 Å². The molecule has 0 N–H and O–H groups in total. The van der Waals surface area contributed by atoms with E-state index in [1.807, 2.05) is 6.92 Å². The van der Waals surface area contributed by atoms with Crippen LogP contribution in [0, 0.1) is 12.8 Å². The quantitative estimate of drug-likeness (QED) is 0.839. The number of pyridine rings is 1. The molecule has 2 heterocycles. The molecule has 0 bridgehead atoms. The Bertz CT molecular complexity index is 365. The molecule has 3 heteroatoms. The van der Waals surface area contributed by atoms with Crippen molar-refractivity contribution in [1.82, 2.24) is 4.98 Å². The molecule has 1 aromatic rings. The number of nitrogens with zero attached hydrogens (tertiary/aromatic N) is 2. The van der Waals surface area contributed by atoms with Gasteiger partial charge in [0.05, 0.1) is 5.69 Å². The van der Waals surface area contributed by atoms with E-state index in [-0.39, 0.29) is 0 Å². The molecular weight excluding hydrogens is 264 g/mol. The number of aromatic nitrogens is 1. The average molecular weight is 283 g/mol. The lowest BCUT2D eigenvalue weighted by molar-refractivity contribution is 0.529. The van der Waals surface area contributed by atoms with E-state index >= 15 is 0 Å². The highest BCUT2D eigenvalue weighted by molar-refractivity contribution is 9.10. The lowest BCUT2D eigenvalue weighted by atomic mass is 10.0. The standard InChI is InChI=1S/C13H19BrN2/c1-3-4-11-7-8-16(9-11)13-6-5-12(14)10(2)15-13/h5-6,11H,3-4,7-9H2,1-2H3. The molecule has 1 unspecified atom stereocenters. The van der Waals surface area contributed by atoms with E-state index in [0.29, 0.717) is 0 Å². The van der Waals surface area contributed by atoms with Crippen LogP contribution in [0.4, 0.5) is 5.82 Å². The number of hydrogen-bond donors (Lipinski definition) is 0. The van der Waals surface area contributed by atoms with E-state index in [1.54, 1.807) is 0 Å². The van der Waals surface area contributed by atoms with Crippen molar-refractivity contribution in [2.75, 3.05) is 18.0 Å². The Kier molecular flexibility index (Phi) is 3.85. The summed E-state index contributed by atoms with van der Waals surface area (Å²) in [6, 6.07) is 4.22. The monoisotopic (exact) mass is 282 g/mol. The van der Waals surface area contributed by atoms with Crippen molar-refractivity contribution < 1.29 is 0 Å². The predicted octanol–water partition coefficient (Wildman–Crippen LogP) is 3.78. The average Bonchev–Trinajstić information content (AvgIpc) is 2.71. The molecule has 1 saturated heterocycles. The largest absolute Gasteiger partial charge is 0.356 e. The van der Waals surface area contributed by atoms with Gasteiger partial charge in [-0.05, 0) is 53.7 Å². The minimum atomic E-state index is 0.871. The first-order valence-corrected chi connectivity index (χ1v) is 6.88. The summed E-state index contributed by atoms with van der Waals surface area (Å²) in [6.07, 6.45) is 3.97. The van der Waals surface area contributed by atoms with E-state index in [2.05, 4.69) is 44.9 Å². The molecule has 0 saturated carbocycles. The number of halogens is 1. The fourth-order valence-electron chi connectivity index (χ4n) is 2.39. The van der Waals surface area contributed by atoms with E-state index < -0.39 is 0 Å². The minimum Gasteiger partial charge on any atom is -0.356 e. The second-order valence-electron chi connectivity index (χ2n) is 4.63. The molecule has 0 aromatic carbocycles. The lowest BCUT2D eigenvalue weighted by Crippen LogP contribution is -2.20. The number of anilines is 1. The molecule has 88 valence electrons. The summed E-state index contributed by atoms with van der Waals surface area (Å²) in [4.78, 5) is 7.04. The summed E-state index contributed by atoms with van der Waals surface area (Å²) in [5, 5.41) is 0. The maximum atomic E-state index is 4.63. The SMILES string of the molecule is CCCC1CCN(c2ccc(Br)c(C)n2)C1. The van der Waals surface area contributed by atoms with Crippen LogP contribution >= 0.6 is 15.9 Å². The highest BCUT2D eigenvalue weighted by Gasteiger charge is 2.22. The van der Waals surface area contributed by atoms with Gasteiger partial charge in [0.1, 0.15) is 5.82 Å². The molecular formula is C13H19BrN2. The molecule has 1 aromatic heterocycles. The molecule has 1 atom stereocenters. The number of hydrogen-bond acceptors (Lipinski definition) is 2. The maximum Gasteiger partial charge on any atom is 0.128 e. The van der Waals surface area contributed by atoms with Crippen molar-refractivity contribution in [3.05, 3.63) is 22.3 Å². The Labute approximate surface area is 106 Å².